The van der Waals surface area contributed by atoms with Crippen molar-refractivity contribution >= 4 is 16.5 Å². The van der Waals surface area contributed by atoms with E-state index in [1.54, 1.807) is 36.4 Å². The van der Waals surface area contributed by atoms with Crippen LogP contribution >= 0.6 is 0 Å². The number of hydrogen-bond acceptors (Lipinski definition) is 4. The standard InChI is InChI=1S/C14H10N2O2.C6H8N2/c17-13-11-8-4-5-9-12(11)14(18)16(15-13)10-6-2-1-3-7-10;7-8-6-4-2-1-3-5-6/h1-9H,(H,15,17);1-5,8H,7H2. The summed E-state index contributed by atoms with van der Waals surface area (Å²) >= 11 is 0. The normalized spacial score (nSPS) is 10.0. The number of aromatic nitrogens is 2. The van der Waals surface area contributed by atoms with Crippen LogP contribution < -0.4 is 22.4 Å². The van der Waals surface area contributed by atoms with Gasteiger partial charge in [0.15, 0.2) is 0 Å². The maximum absolute atomic E-state index is 12.3. The van der Waals surface area contributed by atoms with Crippen LogP contribution in [0.15, 0.2) is 94.5 Å². The van der Waals surface area contributed by atoms with E-state index in [-0.39, 0.29) is 11.1 Å². The Morgan fingerprint density at radius 3 is 1.85 bits per heavy atom. The first-order valence-electron chi connectivity index (χ1n) is 8.02. The summed E-state index contributed by atoms with van der Waals surface area (Å²) in [6.45, 7) is 0. The number of fused-ring (bicyclic) bond motifs is 1. The smallest absolute Gasteiger partial charge is 0.277 e. The highest BCUT2D eigenvalue weighted by Crippen LogP contribution is 2.06. The van der Waals surface area contributed by atoms with Crippen LogP contribution in [0.3, 0.4) is 0 Å². The molecule has 0 radical (unpaired) electrons. The van der Waals surface area contributed by atoms with Gasteiger partial charge in [-0.3, -0.25) is 20.5 Å². The van der Waals surface area contributed by atoms with Crippen molar-refractivity contribution in [2.45, 2.75) is 0 Å². The van der Waals surface area contributed by atoms with Crippen molar-refractivity contribution in [3.8, 4) is 5.69 Å². The number of hydrogen-bond donors (Lipinski definition) is 3. The van der Waals surface area contributed by atoms with Crippen molar-refractivity contribution in [1.82, 2.24) is 9.78 Å². The van der Waals surface area contributed by atoms with Crippen LogP contribution in [-0.2, 0) is 0 Å². The second-order valence-electron chi connectivity index (χ2n) is 5.47. The molecular weight excluding hydrogens is 328 g/mol. The molecule has 1 aromatic heterocycles. The Balaban J connectivity index is 0.000000206. The van der Waals surface area contributed by atoms with Crippen LogP contribution in [0.2, 0.25) is 0 Å². The Kier molecular flexibility index (Phi) is 5.26. The third-order valence-corrected chi connectivity index (χ3v) is 3.77. The minimum absolute atomic E-state index is 0.226. The van der Waals surface area contributed by atoms with E-state index in [4.69, 9.17) is 5.84 Å². The van der Waals surface area contributed by atoms with Crippen LogP contribution in [0.5, 0.6) is 0 Å². The summed E-state index contributed by atoms with van der Waals surface area (Å²) in [5.74, 6) is 5.10. The first kappa shape index (κ1) is 17.2. The van der Waals surface area contributed by atoms with E-state index in [0.29, 0.717) is 16.5 Å². The van der Waals surface area contributed by atoms with Gasteiger partial charge >= 0.3 is 0 Å². The maximum Gasteiger partial charge on any atom is 0.277 e. The number of benzene rings is 3. The molecule has 26 heavy (non-hydrogen) atoms. The number of nitrogens with two attached hydrogens (primary N) is 1. The molecule has 0 saturated carbocycles. The summed E-state index contributed by atoms with van der Waals surface area (Å²) in [6.07, 6.45) is 0. The van der Waals surface area contributed by atoms with Crippen LogP contribution in [0, 0.1) is 0 Å². The number of anilines is 1. The summed E-state index contributed by atoms with van der Waals surface area (Å²) in [5.41, 5.74) is 3.61. The highest BCUT2D eigenvalue weighted by atomic mass is 16.2. The molecule has 1 heterocycles. The Bertz CT molecular complexity index is 1100. The van der Waals surface area contributed by atoms with Gasteiger partial charge in [-0.2, -0.15) is 0 Å². The molecular formula is C20H18N4O2. The van der Waals surface area contributed by atoms with Gasteiger partial charge in [-0.15, -0.1) is 0 Å². The summed E-state index contributed by atoms with van der Waals surface area (Å²) in [4.78, 5) is 24.2. The van der Waals surface area contributed by atoms with Crippen LogP contribution in [0.4, 0.5) is 5.69 Å². The third-order valence-electron chi connectivity index (χ3n) is 3.77. The summed E-state index contributed by atoms with van der Waals surface area (Å²) in [5, 5.41) is 3.42. The molecule has 0 bridgehead atoms. The number of rotatable bonds is 2. The number of H-pyrrole nitrogens is 1. The van der Waals surface area contributed by atoms with Crippen molar-refractivity contribution in [3.63, 3.8) is 0 Å². The lowest BCUT2D eigenvalue weighted by atomic mass is 10.2. The lowest BCUT2D eigenvalue weighted by Crippen LogP contribution is -2.28. The Labute approximate surface area is 149 Å². The van der Waals surface area contributed by atoms with Gasteiger partial charge in [0.2, 0.25) is 0 Å². The van der Waals surface area contributed by atoms with Crippen LogP contribution in [0.1, 0.15) is 0 Å². The lowest BCUT2D eigenvalue weighted by molar-refractivity contribution is 0.802. The first-order valence-corrected chi connectivity index (χ1v) is 8.02. The quantitative estimate of drug-likeness (QED) is 0.384. The highest BCUT2D eigenvalue weighted by molar-refractivity contribution is 5.80. The average Bonchev–Trinajstić information content (AvgIpc) is 2.72. The minimum atomic E-state index is -0.269. The molecule has 0 spiro atoms. The molecule has 0 atom stereocenters. The van der Waals surface area contributed by atoms with Gasteiger partial charge in [0.25, 0.3) is 11.1 Å². The largest absolute Gasteiger partial charge is 0.324 e. The lowest BCUT2D eigenvalue weighted by Gasteiger charge is -2.06. The average molecular weight is 346 g/mol. The van der Waals surface area contributed by atoms with Gasteiger partial charge in [0, 0.05) is 5.69 Å². The Morgan fingerprint density at radius 2 is 1.27 bits per heavy atom. The molecule has 0 aliphatic carbocycles. The van der Waals surface area contributed by atoms with Gasteiger partial charge in [-0.1, -0.05) is 48.5 Å². The topological polar surface area (TPSA) is 92.9 Å². The molecule has 130 valence electrons. The predicted octanol–water partition coefficient (Wildman–Crippen LogP) is 2.65. The van der Waals surface area contributed by atoms with E-state index >= 15 is 0 Å². The van der Waals surface area contributed by atoms with E-state index in [1.807, 2.05) is 48.5 Å². The molecule has 6 heteroatoms. The van der Waals surface area contributed by atoms with Gasteiger partial charge in [0.05, 0.1) is 16.5 Å². The monoisotopic (exact) mass is 346 g/mol. The summed E-state index contributed by atoms with van der Waals surface area (Å²) < 4.78 is 1.27. The summed E-state index contributed by atoms with van der Waals surface area (Å²) in [7, 11) is 0. The minimum Gasteiger partial charge on any atom is -0.324 e. The summed E-state index contributed by atoms with van der Waals surface area (Å²) in [6, 6.07) is 25.4. The van der Waals surface area contributed by atoms with E-state index in [2.05, 4.69) is 10.5 Å². The number of nitrogen functional groups attached to an aromatic ring is 1. The van der Waals surface area contributed by atoms with E-state index in [9.17, 15) is 9.59 Å². The van der Waals surface area contributed by atoms with Crippen molar-refractivity contribution in [1.29, 1.82) is 0 Å². The van der Waals surface area contributed by atoms with Crippen molar-refractivity contribution < 1.29 is 0 Å². The molecule has 3 aromatic carbocycles. The molecule has 0 unspecified atom stereocenters. The van der Waals surface area contributed by atoms with Gasteiger partial charge in [0.1, 0.15) is 0 Å². The molecule has 0 fully saturated rings. The van der Waals surface area contributed by atoms with E-state index in [1.165, 1.54) is 4.68 Å². The molecule has 0 aliphatic heterocycles. The molecule has 0 aliphatic rings. The SMILES string of the molecule is NNc1ccccc1.O=c1[nH]n(-c2ccccc2)c(=O)c2ccccc12. The zero-order valence-electron chi connectivity index (χ0n) is 13.9. The highest BCUT2D eigenvalue weighted by Gasteiger charge is 2.07. The molecule has 4 rings (SSSR count). The predicted molar refractivity (Wildman–Crippen MR) is 104 cm³/mol. The Morgan fingerprint density at radius 1 is 0.731 bits per heavy atom. The number of hydrazine groups is 1. The molecule has 0 amide bonds. The second kappa shape index (κ2) is 7.96. The number of nitrogens with zero attached hydrogens (tertiary/aromatic N) is 1. The van der Waals surface area contributed by atoms with Gasteiger partial charge < -0.3 is 5.43 Å². The zero-order chi connectivity index (χ0) is 18.4. The molecule has 6 nitrogen and oxygen atoms in total. The fourth-order valence-corrected chi connectivity index (χ4v) is 2.49. The number of aromatic amines is 1. The van der Waals surface area contributed by atoms with Crippen molar-refractivity contribution in [2.75, 3.05) is 5.43 Å². The first-order chi connectivity index (χ1) is 12.7. The third kappa shape index (κ3) is 3.71. The van der Waals surface area contributed by atoms with Crippen LogP contribution in [-0.4, -0.2) is 9.78 Å². The molecule has 4 aromatic rings. The van der Waals surface area contributed by atoms with E-state index in [0.717, 1.165) is 5.69 Å². The van der Waals surface area contributed by atoms with Crippen molar-refractivity contribution in [2.24, 2.45) is 5.84 Å². The molecule has 4 N–H and O–H groups in total. The Hall–Kier alpha value is -3.64. The van der Waals surface area contributed by atoms with Gasteiger partial charge in [-0.25, -0.2) is 4.68 Å². The van der Waals surface area contributed by atoms with Gasteiger partial charge in [-0.05, 0) is 36.4 Å². The molecule has 0 saturated heterocycles. The number of para-hydroxylation sites is 2. The van der Waals surface area contributed by atoms with E-state index < -0.39 is 0 Å². The van der Waals surface area contributed by atoms with Crippen LogP contribution in [0.25, 0.3) is 16.5 Å². The fraction of sp³-hybridized carbons (Fsp3) is 0. The number of nitrogens with one attached hydrogen (secondary N) is 2. The van der Waals surface area contributed by atoms with Crippen molar-refractivity contribution in [3.05, 3.63) is 106 Å². The zero-order valence-corrected chi connectivity index (χ0v) is 13.9. The second-order valence-corrected chi connectivity index (χ2v) is 5.47. The fourth-order valence-electron chi connectivity index (χ4n) is 2.49. The maximum atomic E-state index is 12.3.